The van der Waals surface area contributed by atoms with Gasteiger partial charge in [0.05, 0.1) is 16.8 Å². The third kappa shape index (κ3) is 5.20. The molecule has 3 aromatic rings. The van der Waals surface area contributed by atoms with Crippen molar-refractivity contribution in [3.05, 3.63) is 58.2 Å². The fraction of sp³-hybridized carbons (Fsp3) is 0.263. The zero-order chi connectivity index (χ0) is 19.9. The summed E-state index contributed by atoms with van der Waals surface area (Å²) in [5.74, 6) is 0.524. The van der Waals surface area contributed by atoms with Crippen LogP contribution in [0.25, 0.3) is 0 Å². The molecule has 0 unspecified atom stereocenters. The largest absolute Gasteiger partial charge is 0.449 e. The maximum Gasteiger partial charge on any atom is 0.340 e. The number of amides is 1. The van der Waals surface area contributed by atoms with Crippen LogP contribution in [0.1, 0.15) is 35.2 Å². The maximum atomic E-state index is 12.7. The van der Waals surface area contributed by atoms with E-state index in [1.54, 1.807) is 37.6 Å². The number of nitrogens with one attached hydrogen (secondary N) is 1. The van der Waals surface area contributed by atoms with Crippen molar-refractivity contribution in [3.8, 4) is 0 Å². The first-order valence-corrected chi connectivity index (χ1v) is 10.5. The van der Waals surface area contributed by atoms with Gasteiger partial charge in [-0.15, -0.1) is 23.1 Å². The molecule has 0 saturated carbocycles. The lowest BCUT2D eigenvalue weighted by Crippen LogP contribution is -2.32. The van der Waals surface area contributed by atoms with Crippen LogP contribution < -0.4 is 5.32 Å². The SMILES string of the molecule is CC[C@@H](OC(=O)c1ccccc1SCc1cscn1)C(=O)Nc1cc(C)on1. The van der Waals surface area contributed by atoms with Crippen molar-refractivity contribution in [2.24, 2.45) is 0 Å². The first-order chi connectivity index (χ1) is 13.6. The van der Waals surface area contributed by atoms with Crippen LogP contribution in [0.4, 0.5) is 5.82 Å². The van der Waals surface area contributed by atoms with Gasteiger partial charge < -0.3 is 14.6 Å². The Labute approximate surface area is 170 Å². The molecule has 1 amide bonds. The number of thioether (sulfide) groups is 1. The number of esters is 1. The number of carbonyl (C=O) groups is 2. The van der Waals surface area contributed by atoms with Crippen LogP contribution in [0, 0.1) is 6.92 Å². The van der Waals surface area contributed by atoms with Crippen LogP contribution in [0.2, 0.25) is 0 Å². The van der Waals surface area contributed by atoms with Gasteiger partial charge in [0, 0.05) is 22.1 Å². The Bertz CT molecular complexity index is 940. The third-order valence-corrected chi connectivity index (χ3v) is 5.50. The molecule has 9 heteroatoms. The molecule has 0 aliphatic rings. The van der Waals surface area contributed by atoms with Gasteiger partial charge in [-0.25, -0.2) is 9.78 Å². The topological polar surface area (TPSA) is 94.3 Å². The molecule has 3 rings (SSSR count). The van der Waals surface area contributed by atoms with Gasteiger partial charge in [0.25, 0.3) is 5.91 Å². The van der Waals surface area contributed by atoms with Crippen LogP contribution >= 0.6 is 23.1 Å². The Hall–Kier alpha value is -2.65. The molecule has 146 valence electrons. The number of thiazole rings is 1. The summed E-state index contributed by atoms with van der Waals surface area (Å²) < 4.78 is 10.4. The minimum atomic E-state index is -0.930. The highest BCUT2D eigenvalue weighted by Gasteiger charge is 2.24. The van der Waals surface area contributed by atoms with Crippen LogP contribution in [0.15, 0.2) is 50.6 Å². The number of benzene rings is 1. The van der Waals surface area contributed by atoms with Crippen LogP contribution in [0.5, 0.6) is 0 Å². The van der Waals surface area contributed by atoms with Gasteiger partial charge in [-0.05, 0) is 25.5 Å². The fourth-order valence-corrected chi connectivity index (χ4v) is 3.98. The average molecular weight is 418 g/mol. The van der Waals surface area contributed by atoms with E-state index in [0.29, 0.717) is 23.5 Å². The van der Waals surface area contributed by atoms with Crippen molar-refractivity contribution < 1.29 is 18.8 Å². The zero-order valence-corrected chi connectivity index (χ0v) is 17.0. The molecular formula is C19H19N3O4S2. The van der Waals surface area contributed by atoms with Crippen LogP contribution in [0.3, 0.4) is 0 Å². The highest BCUT2D eigenvalue weighted by atomic mass is 32.2. The number of aromatic nitrogens is 2. The van der Waals surface area contributed by atoms with E-state index in [9.17, 15) is 9.59 Å². The molecule has 0 bridgehead atoms. The standard InChI is InChI=1S/C19H19N3O4S2/c1-3-15(18(23)21-17-8-12(2)26-22-17)25-19(24)14-6-4-5-7-16(14)28-10-13-9-27-11-20-13/h4-9,11,15H,3,10H2,1-2H3,(H,21,22,23)/t15-/m1/s1. The predicted molar refractivity (Wildman–Crippen MR) is 107 cm³/mol. The van der Waals surface area contributed by atoms with Crippen molar-refractivity contribution in [2.45, 2.75) is 37.0 Å². The van der Waals surface area contributed by atoms with Crippen molar-refractivity contribution in [2.75, 3.05) is 5.32 Å². The van der Waals surface area contributed by atoms with E-state index < -0.39 is 18.0 Å². The summed E-state index contributed by atoms with van der Waals surface area (Å²) in [5, 5.41) is 8.28. The van der Waals surface area contributed by atoms with E-state index in [1.165, 1.54) is 23.1 Å². The molecule has 0 aliphatic heterocycles. The summed E-state index contributed by atoms with van der Waals surface area (Å²) in [5.41, 5.74) is 3.15. The number of anilines is 1. The lowest BCUT2D eigenvalue weighted by Gasteiger charge is -2.16. The van der Waals surface area contributed by atoms with Crippen molar-refractivity contribution in [1.82, 2.24) is 10.1 Å². The summed E-state index contributed by atoms with van der Waals surface area (Å²) >= 11 is 3.03. The number of hydrogen-bond donors (Lipinski definition) is 1. The molecule has 1 N–H and O–H groups in total. The first-order valence-electron chi connectivity index (χ1n) is 8.61. The van der Waals surface area contributed by atoms with E-state index in [4.69, 9.17) is 9.26 Å². The third-order valence-electron chi connectivity index (χ3n) is 3.76. The summed E-state index contributed by atoms with van der Waals surface area (Å²) in [6.07, 6.45) is -0.594. The van der Waals surface area contributed by atoms with Crippen molar-refractivity contribution in [1.29, 1.82) is 0 Å². The molecule has 28 heavy (non-hydrogen) atoms. The molecule has 0 saturated heterocycles. The minimum absolute atomic E-state index is 0.288. The Kier molecular flexibility index (Phi) is 6.83. The maximum absolute atomic E-state index is 12.7. The second-order valence-corrected chi connectivity index (χ2v) is 7.61. The van der Waals surface area contributed by atoms with Gasteiger partial charge in [-0.2, -0.15) is 0 Å². The number of aryl methyl sites for hydroxylation is 1. The van der Waals surface area contributed by atoms with E-state index >= 15 is 0 Å². The van der Waals surface area contributed by atoms with Crippen LogP contribution in [-0.4, -0.2) is 28.1 Å². The number of rotatable bonds is 8. The molecule has 1 atom stereocenters. The van der Waals surface area contributed by atoms with Crippen molar-refractivity contribution >= 4 is 40.8 Å². The normalized spacial score (nSPS) is 11.8. The van der Waals surface area contributed by atoms with Gasteiger partial charge >= 0.3 is 5.97 Å². The Morgan fingerprint density at radius 2 is 2.18 bits per heavy atom. The monoisotopic (exact) mass is 417 g/mol. The lowest BCUT2D eigenvalue weighted by atomic mass is 10.2. The quantitative estimate of drug-likeness (QED) is 0.431. The Morgan fingerprint density at radius 1 is 1.36 bits per heavy atom. The molecule has 1 aromatic carbocycles. The number of nitrogens with zero attached hydrogens (tertiary/aromatic N) is 2. The number of ether oxygens (including phenoxy) is 1. The molecule has 0 radical (unpaired) electrons. The highest BCUT2D eigenvalue weighted by molar-refractivity contribution is 7.98. The van der Waals surface area contributed by atoms with Crippen molar-refractivity contribution in [3.63, 3.8) is 0 Å². The fourth-order valence-electron chi connectivity index (χ4n) is 2.37. The van der Waals surface area contributed by atoms with E-state index in [0.717, 1.165) is 10.6 Å². The second kappa shape index (κ2) is 9.52. The molecule has 2 aromatic heterocycles. The number of carbonyl (C=O) groups excluding carboxylic acids is 2. The Balaban J connectivity index is 1.66. The van der Waals surface area contributed by atoms with Gasteiger partial charge in [0.1, 0.15) is 5.76 Å². The van der Waals surface area contributed by atoms with Crippen LogP contribution in [-0.2, 0) is 15.3 Å². The predicted octanol–water partition coefficient (Wildman–Crippen LogP) is 4.31. The van der Waals surface area contributed by atoms with Gasteiger partial charge in [-0.1, -0.05) is 24.2 Å². The minimum Gasteiger partial charge on any atom is -0.449 e. The summed E-state index contributed by atoms with van der Waals surface area (Å²) in [6, 6.07) is 8.76. The highest BCUT2D eigenvalue weighted by Crippen LogP contribution is 2.27. The van der Waals surface area contributed by atoms with Gasteiger partial charge in [-0.3, -0.25) is 4.79 Å². The first kappa shape index (κ1) is 20.1. The summed E-state index contributed by atoms with van der Waals surface area (Å²) in [4.78, 5) is 30.1. The van der Waals surface area contributed by atoms with E-state index in [2.05, 4.69) is 15.5 Å². The van der Waals surface area contributed by atoms with E-state index in [-0.39, 0.29) is 5.82 Å². The smallest absolute Gasteiger partial charge is 0.340 e. The molecule has 0 spiro atoms. The second-order valence-electron chi connectivity index (χ2n) is 5.88. The average Bonchev–Trinajstić information content (AvgIpc) is 3.36. The summed E-state index contributed by atoms with van der Waals surface area (Å²) in [6.45, 7) is 3.49. The summed E-state index contributed by atoms with van der Waals surface area (Å²) in [7, 11) is 0. The van der Waals surface area contributed by atoms with E-state index in [1.807, 2.05) is 17.5 Å². The zero-order valence-electron chi connectivity index (χ0n) is 15.4. The number of hydrogen-bond acceptors (Lipinski definition) is 8. The molecule has 7 nitrogen and oxygen atoms in total. The van der Waals surface area contributed by atoms with Gasteiger partial charge in [0.15, 0.2) is 11.9 Å². The lowest BCUT2D eigenvalue weighted by molar-refractivity contribution is -0.124. The Morgan fingerprint density at radius 3 is 2.86 bits per heavy atom. The molecule has 2 heterocycles. The van der Waals surface area contributed by atoms with Gasteiger partial charge in [0.2, 0.25) is 0 Å². The molecular weight excluding hydrogens is 398 g/mol. The molecule has 0 aliphatic carbocycles. The molecule has 0 fully saturated rings.